The number of piperazine rings is 1. The van der Waals surface area contributed by atoms with E-state index in [1.165, 1.54) is 0 Å². The van der Waals surface area contributed by atoms with Crippen LogP contribution in [0.2, 0.25) is 0 Å². The molecule has 2 aliphatic rings. The Labute approximate surface area is 143 Å². The number of halogens is 1. The van der Waals surface area contributed by atoms with Gasteiger partial charge in [0.2, 0.25) is 10.0 Å². The Hall–Kier alpha value is -1.25. The van der Waals surface area contributed by atoms with E-state index in [1.54, 1.807) is 10.6 Å². The quantitative estimate of drug-likeness (QED) is 0.793. The third kappa shape index (κ3) is 2.83. The van der Waals surface area contributed by atoms with Gasteiger partial charge in [0.05, 0.1) is 10.8 Å². The molecule has 2 heterocycles. The van der Waals surface area contributed by atoms with E-state index in [-0.39, 0.29) is 5.25 Å². The Bertz CT molecular complexity index is 846. The number of hydrogen-bond acceptors (Lipinski definition) is 5. The third-order valence-electron chi connectivity index (χ3n) is 4.42. The van der Waals surface area contributed by atoms with Crippen molar-refractivity contribution < 1.29 is 8.42 Å². The Balaban J connectivity index is 1.58. The molecule has 0 bridgehead atoms. The minimum Gasteiger partial charge on any atom is -0.353 e. The fourth-order valence-electron chi connectivity index (χ4n) is 3.00. The molecule has 8 heteroatoms. The van der Waals surface area contributed by atoms with Crippen LogP contribution in [0.15, 0.2) is 29.0 Å². The topological polar surface area (TPSA) is 66.4 Å². The molecule has 0 spiro atoms. The monoisotopic (exact) mass is 396 g/mol. The minimum absolute atomic E-state index is 0.134. The van der Waals surface area contributed by atoms with Crippen LogP contribution in [0.1, 0.15) is 12.8 Å². The summed E-state index contributed by atoms with van der Waals surface area (Å²) in [5, 5.41) is 0.852. The Morgan fingerprint density at radius 1 is 1.09 bits per heavy atom. The third-order valence-corrected chi connectivity index (χ3v) is 7.31. The number of anilines is 1. The van der Waals surface area contributed by atoms with Gasteiger partial charge in [0.25, 0.3) is 0 Å². The second-order valence-corrected chi connectivity index (χ2v) is 9.12. The van der Waals surface area contributed by atoms with Gasteiger partial charge < -0.3 is 4.90 Å². The van der Waals surface area contributed by atoms with Gasteiger partial charge in [-0.1, -0.05) is 15.9 Å². The van der Waals surface area contributed by atoms with Crippen LogP contribution in [0.3, 0.4) is 0 Å². The molecule has 0 radical (unpaired) electrons. The number of benzene rings is 1. The van der Waals surface area contributed by atoms with Gasteiger partial charge >= 0.3 is 0 Å². The molecular formula is C15H17BrN4O2S. The molecular weight excluding hydrogens is 380 g/mol. The highest BCUT2D eigenvalue weighted by atomic mass is 79.9. The van der Waals surface area contributed by atoms with E-state index in [4.69, 9.17) is 0 Å². The molecule has 1 aromatic carbocycles. The smallest absolute Gasteiger partial charge is 0.217 e. The zero-order valence-corrected chi connectivity index (χ0v) is 14.9. The van der Waals surface area contributed by atoms with Crippen molar-refractivity contribution >= 4 is 42.7 Å². The summed E-state index contributed by atoms with van der Waals surface area (Å²) in [6.45, 7) is 2.37. The number of nitrogens with zero attached hydrogens (tertiary/aromatic N) is 4. The molecule has 0 amide bonds. The highest BCUT2D eigenvalue weighted by Crippen LogP contribution is 2.32. The molecule has 1 aliphatic carbocycles. The summed E-state index contributed by atoms with van der Waals surface area (Å²) < 4.78 is 27.3. The van der Waals surface area contributed by atoms with Gasteiger partial charge in [-0.05, 0) is 31.0 Å². The second kappa shape index (κ2) is 5.68. The van der Waals surface area contributed by atoms with Crippen LogP contribution < -0.4 is 4.90 Å². The lowest BCUT2D eigenvalue weighted by Gasteiger charge is -2.35. The average Bonchev–Trinajstić information content (AvgIpc) is 3.40. The van der Waals surface area contributed by atoms with E-state index in [2.05, 4.69) is 30.8 Å². The number of sulfonamides is 1. The first kappa shape index (κ1) is 15.3. The van der Waals surface area contributed by atoms with Crippen molar-refractivity contribution in [1.82, 2.24) is 14.3 Å². The number of rotatable bonds is 3. The summed E-state index contributed by atoms with van der Waals surface area (Å²) in [6.07, 6.45) is 3.19. The van der Waals surface area contributed by atoms with Crippen molar-refractivity contribution in [2.45, 2.75) is 18.1 Å². The van der Waals surface area contributed by atoms with E-state index in [1.807, 2.05) is 18.2 Å². The average molecular weight is 397 g/mol. The van der Waals surface area contributed by atoms with Crippen LogP contribution in [0, 0.1) is 0 Å². The molecule has 0 N–H and O–H groups in total. The van der Waals surface area contributed by atoms with Gasteiger partial charge in [0, 0.05) is 36.0 Å². The van der Waals surface area contributed by atoms with E-state index in [0.717, 1.165) is 34.0 Å². The Morgan fingerprint density at radius 2 is 1.83 bits per heavy atom. The van der Waals surface area contributed by atoms with Gasteiger partial charge in [-0.2, -0.15) is 4.31 Å². The zero-order valence-electron chi connectivity index (χ0n) is 12.5. The maximum Gasteiger partial charge on any atom is 0.217 e. The van der Waals surface area contributed by atoms with Crippen LogP contribution in [0.25, 0.3) is 10.9 Å². The molecule has 4 rings (SSSR count). The van der Waals surface area contributed by atoms with Crippen molar-refractivity contribution in [1.29, 1.82) is 0 Å². The summed E-state index contributed by atoms with van der Waals surface area (Å²) in [6, 6.07) is 5.93. The first-order valence-electron chi connectivity index (χ1n) is 7.70. The number of aromatic nitrogens is 2. The van der Waals surface area contributed by atoms with Crippen molar-refractivity contribution in [3.63, 3.8) is 0 Å². The summed E-state index contributed by atoms with van der Waals surface area (Å²) in [5.41, 5.74) is 0.895. The van der Waals surface area contributed by atoms with E-state index >= 15 is 0 Å². The predicted molar refractivity (Wildman–Crippen MR) is 93.0 cm³/mol. The fraction of sp³-hybridized carbons (Fsp3) is 0.467. The van der Waals surface area contributed by atoms with Crippen LogP contribution in [-0.2, 0) is 10.0 Å². The number of hydrogen-bond donors (Lipinski definition) is 0. The van der Waals surface area contributed by atoms with Crippen LogP contribution in [-0.4, -0.2) is 54.1 Å². The predicted octanol–water partition coefficient (Wildman–Crippen LogP) is 2.01. The molecule has 1 aromatic heterocycles. The van der Waals surface area contributed by atoms with Gasteiger partial charge in [0.15, 0.2) is 0 Å². The molecule has 0 atom stereocenters. The lowest BCUT2D eigenvalue weighted by atomic mass is 10.2. The Kier molecular flexibility index (Phi) is 3.78. The van der Waals surface area contributed by atoms with Gasteiger partial charge in [-0.3, -0.25) is 0 Å². The van der Waals surface area contributed by atoms with E-state index in [9.17, 15) is 8.42 Å². The van der Waals surface area contributed by atoms with Crippen LogP contribution >= 0.6 is 15.9 Å². The van der Waals surface area contributed by atoms with Gasteiger partial charge in [-0.15, -0.1) is 0 Å². The standard InChI is InChI=1S/C15H17BrN4O2S/c16-11-1-4-14-13(9-11)15(18-10-17-14)19-5-7-20(8-6-19)23(21,22)12-2-3-12/h1,4,9-10,12H,2-3,5-8H2. The summed E-state index contributed by atoms with van der Waals surface area (Å²) >= 11 is 3.49. The summed E-state index contributed by atoms with van der Waals surface area (Å²) in [5.74, 6) is 0.875. The van der Waals surface area contributed by atoms with Crippen molar-refractivity contribution in [2.24, 2.45) is 0 Å². The normalized spacial score (nSPS) is 20.1. The van der Waals surface area contributed by atoms with E-state index in [0.29, 0.717) is 26.2 Å². The van der Waals surface area contributed by atoms with E-state index < -0.39 is 10.0 Å². The van der Waals surface area contributed by atoms with Gasteiger partial charge in [0.1, 0.15) is 12.1 Å². The van der Waals surface area contributed by atoms with Crippen molar-refractivity contribution in [3.8, 4) is 0 Å². The maximum absolute atomic E-state index is 12.3. The molecule has 0 unspecified atom stereocenters. The first-order chi connectivity index (χ1) is 11.1. The highest BCUT2D eigenvalue weighted by molar-refractivity contribution is 9.10. The number of fused-ring (bicyclic) bond motifs is 1. The largest absolute Gasteiger partial charge is 0.353 e. The van der Waals surface area contributed by atoms with Crippen LogP contribution in [0.4, 0.5) is 5.82 Å². The van der Waals surface area contributed by atoms with Crippen molar-refractivity contribution in [3.05, 3.63) is 29.0 Å². The second-order valence-electron chi connectivity index (χ2n) is 5.99. The van der Waals surface area contributed by atoms with Crippen LogP contribution in [0.5, 0.6) is 0 Å². The molecule has 6 nitrogen and oxygen atoms in total. The summed E-state index contributed by atoms with van der Waals surface area (Å²) in [7, 11) is -3.08. The zero-order chi connectivity index (χ0) is 16.0. The Morgan fingerprint density at radius 3 is 2.52 bits per heavy atom. The SMILES string of the molecule is O=S(=O)(C1CC1)N1CCN(c2ncnc3ccc(Br)cc23)CC1. The lowest BCUT2D eigenvalue weighted by Crippen LogP contribution is -2.49. The highest BCUT2D eigenvalue weighted by Gasteiger charge is 2.41. The summed E-state index contributed by atoms with van der Waals surface area (Å²) in [4.78, 5) is 10.9. The molecule has 23 heavy (non-hydrogen) atoms. The van der Waals surface area contributed by atoms with Gasteiger partial charge in [-0.25, -0.2) is 18.4 Å². The molecule has 2 aromatic rings. The molecule has 2 fully saturated rings. The first-order valence-corrected chi connectivity index (χ1v) is 9.99. The lowest BCUT2D eigenvalue weighted by molar-refractivity contribution is 0.383. The molecule has 1 aliphatic heterocycles. The minimum atomic E-state index is -3.08. The maximum atomic E-state index is 12.3. The molecule has 1 saturated carbocycles. The van der Waals surface area contributed by atoms with Crippen molar-refractivity contribution in [2.75, 3.05) is 31.1 Å². The molecule has 1 saturated heterocycles. The fourth-order valence-corrected chi connectivity index (χ4v) is 5.19. The molecule has 122 valence electrons.